The molecule has 0 unspecified atom stereocenters. The number of esters is 1. The number of carbonyl (C=O) groups is 3. The number of benzene rings is 1. The first-order valence-electron chi connectivity index (χ1n) is 7.17. The maximum Gasteiger partial charge on any atom is 0.307 e. The molecule has 0 atom stereocenters. The normalized spacial score (nSPS) is 10.3. The molecule has 0 spiro atoms. The van der Waals surface area contributed by atoms with Crippen molar-refractivity contribution in [2.24, 2.45) is 5.73 Å². The highest BCUT2D eigenvalue weighted by Gasteiger charge is 2.14. The van der Waals surface area contributed by atoms with Gasteiger partial charge in [0.2, 0.25) is 0 Å². The van der Waals surface area contributed by atoms with Crippen molar-refractivity contribution >= 4 is 45.9 Å². The molecular weight excluding hydrogens is 367 g/mol. The molecule has 0 aliphatic rings. The van der Waals surface area contributed by atoms with Crippen LogP contribution in [0.1, 0.15) is 16.8 Å². The van der Waals surface area contributed by atoms with Crippen molar-refractivity contribution in [1.82, 2.24) is 0 Å². The zero-order valence-corrected chi connectivity index (χ0v) is 14.6. The number of rotatable bonds is 8. The van der Waals surface area contributed by atoms with Crippen LogP contribution in [0.25, 0.3) is 0 Å². The standard InChI is InChI=1S/C16H15FN2O4S2/c17-10-1-3-11(4-2-10)24-8-6-14(21)23-9-13(20)19-16-12(15(18)22)5-7-25-16/h1-5,7H,6,8-9H2,(H2,18,22)(H,19,20). The van der Waals surface area contributed by atoms with E-state index < -0.39 is 24.4 Å². The molecule has 0 saturated heterocycles. The van der Waals surface area contributed by atoms with Gasteiger partial charge in [-0.2, -0.15) is 0 Å². The van der Waals surface area contributed by atoms with Crippen LogP contribution in [-0.4, -0.2) is 30.1 Å². The van der Waals surface area contributed by atoms with Crippen LogP contribution >= 0.6 is 23.1 Å². The predicted molar refractivity (Wildman–Crippen MR) is 94.2 cm³/mol. The monoisotopic (exact) mass is 382 g/mol. The van der Waals surface area contributed by atoms with E-state index in [0.29, 0.717) is 10.8 Å². The Balaban J connectivity index is 1.68. The molecule has 1 aromatic heterocycles. The van der Waals surface area contributed by atoms with Crippen LogP contribution in [0.5, 0.6) is 0 Å². The third-order valence-electron chi connectivity index (χ3n) is 2.94. The Morgan fingerprint density at radius 2 is 1.92 bits per heavy atom. The second-order valence-electron chi connectivity index (χ2n) is 4.79. The molecule has 0 saturated carbocycles. The van der Waals surface area contributed by atoms with E-state index >= 15 is 0 Å². The van der Waals surface area contributed by atoms with Crippen molar-refractivity contribution in [3.8, 4) is 0 Å². The number of hydrogen-bond donors (Lipinski definition) is 2. The van der Waals surface area contributed by atoms with Crippen LogP contribution in [0.2, 0.25) is 0 Å². The number of anilines is 1. The van der Waals surface area contributed by atoms with Crippen LogP contribution < -0.4 is 11.1 Å². The molecule has 9 heteroatoms. The van der Waals surface area contributed by atoms with Gasteiger partial charge in [-0.15, -0.1) is 23.1 Å². The highest BCUT2D eigenvalue weighted by Crippen LogP contribution is 2.22. The molecule has 0 aliphatic heterocycles. The average molecular weight is 382 g/mol. The first-order chi connectivity index (χ1) is 12.0. The van der Waals surface area contributed by atoms with Crippen LogP contribution in [0.15, 0.2) is 40.6 Å². The van der Waals surface area contributed by atoms with E-state index in [-0.39, 0.29) is 17.8 Å². The van der Waals surface area contributed by atoms with Crippen LogP contribution in [0.4, 0.5) is 9.39 Å². The average Bonchev–Trinajstić information content (AvgIpc) is 3.03. The molecular formula is C16H15FN2O4S2. The Hall–Kier alpha value is -2.39. The number of thiophene rings is 1. The highest BCUT2D eigenvalue weighted by atomic mass is 32.2. The Kier molecular flexibility index (Phi) is 6.96. The minimum atomic E-state index is -0.647. The molecule has 2 rings (SSSR count). The van der Waals surface area contributed by atoms with Gasteiger partial charge in [-0.3, -0.25) is 14.4 Å². The van der Waals surface area contributed by atoms with Crippen molar-refractivity contribution in [2.75, 3.05) is 17.7 Å². The van der Waals surface area contributed by atoms with E-state index in [4.69, 9.17) is 10.5 Å². The smallest absolute Gasteiger partial charge is 0.307 e. The number of amides is 2. The van der Waals surface area contributed by atoms with Crippen LogP contribution in [-0.2, 0) is 14.3 Å². The van der Waals surface area contributed by atoms with E-state index in [2.05, 4.69) is 5.32 Å². The highest BCUT2D eigenvalue weighted by molar-refractivity contribution is 7.99. The quantitative estimate of drug-likeness (QED) is 0.540. The second-order valence-corrected chi connectivity index (χ2v) is 6.87. The first-order valence-corrected chi connectivity index (χ1v) is 9.03. The number of nitrogens with two attached hydrogens (primary N) is 1. The van der Waals surface area contributed by atoms with E-state index in [1.165, 1.54) is 30.0 Å². The summed E-state index contributed by atoms with van der Waals surface area (Å²) in [4.78, 5) is 35.4. The lowest BCUT2D eigenvalue weighted by atomic mass is 10.3. The Morgan fingerprint density at radius 1 is 1.20 bits per heavy atom. The van der Waals surface area contributed by atoms with Gasteiger partial charge in [0.1, 0.15) is 10.8 Å². The van der Waals surface area contributed by atoms with Gasteiger partial charge >= 0.3 is 5.97 Å². The lowest BCUT2D eigenvalue weighted by Crippen LogP contribution is -2.22. The van der Waals surface area contributed by atoms with E-state index in [0.717, 1.165) is 16.2 Å². The molecule has 2 aromatic rings. The molecule has 132 valence electrons. The summed E-state index contributed by atoms with van der Waals surface area (Å²) >= 11 is 2.53. The molecule has 0 aliphatic carbocycles. The largest absolute Gasteiger partial charge is 0.456 e. The molecule has 3 N–H and O–H groups in total. The number of halogens is 1. The lowest BCUT2D eigenvalue weighted by molar-refractivity contribution is -0.146. The SMILES string of the molecule is NC(=O)c1ccsc1NC(=O)COC(=O)CCSc1ccc(F)cc1. The van der Waals surface area contributed by atoms with Crippen LogP contribution in [0, 0.1) is 5.82 Å². The first kappa shape index (κ1) is 18.9. The number of carbonyl (C=O) groups excluding carboxylic acids is 3. The number of primary amides is 1. The molecule has 0 radical (unpaired) electrons. The third kappa shape index (κ3) is 6.20. The minimum absolute atomic E-state index is 0.112. The summed E-state index contributed by atoms with van der Waals surface area (Å²) in [5, 5.41) is 4.41. The summed E-state index contributed by atoms with van der Waals surface area (Å²) < 4.78 is 17.6. The van der Waals surface area contributed by atoms with Gasteiger partial charge in [-0.05, 0) is 35.7 Å². The molecule has 0 bridgehead atoms. The van der Waals surface area contributed by atoms with Crippen molar-refractivity contribution in [1.29, 1.82) is 0 Å². The Morgan fingerprint density at radius 3 is 2.60 bits per heavy atom. The molecule has 1 aromatic carbocycles. The fraction of sp³-hybridized carbons (Fsp3) is 0.188. The molecule has 1 heterocycles. The van der Waals surface area contributed by atoms with E-state index in [1.54, 1.807) is 17.5 Å². The fourth-order valence-corrected chi connectivity index (χ4v) is 3.41. The molecule has 25 heavy (non-hydrogen) atoms. The molecule has 2 amide bonds. The number of nitrogens with one attached hydrogen (secondary N) is 1. The van der Waals surface area contributed by atoms with Gasteiger partial charge in [-0.25, -0.2) is 4.39 Å². The van der Waals surface area contributed by atoms with Crippen molar-refractivity contribution in [3.63, 3.8) is 0 Å². The third-order valence-corrected chi connectivity index (χ3v) is 4.78. The summed E-state index contributed by atoms with van der Waals surface area (Å²) in [5.74, 6) is -1.59. The van der Waals surface area contributed by atoms with E-state index in [1.807, 2.05) is 0 Å². The number of ether oxygens (including phenoxy) is 1. The minimum Gasteiger partial charge on any atom is -0.456 e. The maximum atomic E-state index is 12.8. The summed E-state index contributed by atoms with van der Waals surface area (Å²) in [7, 11) is 0. The van der Waals surface area contributed by atoms with Gasteiger partial charge in [-0.1, -0.05) is 0 Å². The van der Waals surface area contributed by atoms with Crippen molar-refractivity contribution in [3.05, 3.63) is 47.1 Å². The summed E-state index contributed by atoms with van der Waals surface area (Å²) in [6.07, 6.45) is 0.112. The zero-order valence-electron chi connectivity index (χ0n) is 13.0. The lowest BCUT2D eigenvalue weighted by Gasteiger charge is -2.06. The maximum absolute atomic E-state index is 12.8. The van der Waals surface area contributed by atoms with Gasteiger partial charge in [0.05, 0.1) is 12.0 Å². The van der Waals surface area contributed by atoms with E-state index in [9.17, 15) is 18.8 Å². The summed E-state index contributed by atoms with van der Waals surface area (Å²) in [6, 6.07) is 7.43. The van der Waals surface area contributed by atoms with Gasteiger partial charge in [0, 0.05) is 10.6 Å². The molecule has 0 fully saturated rings. The van der Waals surface area contributed by atoms with Crippen LogP contribution in [0.3, 0.4) is 0 Å². The number of thioether (sulfide) groups is 1. The Labute approximate surface area is 151 Å². The van der Waals surface area contributed by atoms with Crippen molar-refractivity contribution in [2.45, 2.75) is 11.3 Å². The fourth-order valence-electron chi connectivity index (χ4n) is 1.76. The molecule has 6 nitrogen and oxygen atoms in total. The van der Waals surface area contributed by atoms with Crippen molar-refractivity contribution < 1.29 is 23.5 Å². The Bertz CT molecular complexity index is 762. The summed E-state index contributed by atoms with van der Waals surface area (Å²) in [5.41, 5.74) is 5.38. The number of hydrogen-bond acceptors (Lipinski definition) is 6. The second kappa shape index (κ2) is 9.19. The topological polar surface area (TPSA) is 98.5 Å². The predicted octanol–water partition coefficient (Wildman–Crippen LogP) is 2.65. The zero-order chi connectivity index (χ0) is 18.2. The van der Waals surface area contributed by atoms with Gasteiger partial charge < -0.3 is 15.8 Å². The summed E-state index contributed by atoms with van der Waals surface area (Å²) in [6.45, 7) is -0.448. The van der Waals surface area contributed by atoms with Gasteiger partial charge in [0.15, 0.2) is 6.61 Å². The van der Waals surface area contributed by atoms with Gasteiger partial charge in [0.25, 0.3) is 11.8 Å².